The zero-order valence-corrected chi connectivity index (χ0v) is 12.9. The number of rotatable bonds is 9. The standard InChI is InChI=1S/C15H23NO3S/c1-3-4-5-6-7-14(15(17)16-18)20-13-10-8-12(19-2)9-11-13/h8-11,14,18H,3-7H2,1-2H3,(H,16,17)/t14-/m0/s1. The first kappa shape index (κ1) is 16.9. The number of hydroxylamine groups is 1. The average Bonchev–Trinajstić information content (AvgIpc) is 2.50. The molecule has 0 saturated heterocycles. The number of benzene rings is 1. The second-order valence-electron chi connectivity index (χ2n) is 4.61. The molecule has 0 aliphatic rings. The molecule has 0 aromatic heterocycles. The Balaban J connectivity index is 2.56. The number of unbranched alkanes of at least 4 members (excludes halogenated alkanes) is 3. The molecule has 1 amide bonds. The summed E-state index contributed by atoms with van der Waals surface area (Å²) in [5, 5.41) is 8.58. The second kappa shape index (κ2) is 9.66. The number of hydrogen-bond acceptors (Lipinski definition) is 4. The quantitative estimate of drug-likeness (QED) is 0.316. The Hall–Kier alpha value is -1.20. The van der Waals surface area contributed by atoms with E-state index in [4.69, 9.17) is 9.94 Å². The van der Waals surface area contributed by atoms with Crippen LogP contribution >= 0.6 is 11.8 Å². The van der Waals surface area contributed by atoms with Crippen molar-refractivity contribution in [2.24, 2.45) is 0 Å². The van der Waals surface area contributed by atoms with E-state index in [0.29, 0.717) is 0 Å². The van der Waals surface area contributed by atoms with E-state index in [-0.39, 0.29) is 11.2 Å². The molecule has 5 heteroatoms. The smallest absolute Gasteiger partial charge is 0.256 e. The van der Waals surface area contributed by atoms with E-state index in [0.717, 1.165) is 29.9 Å². The third kappa shape index (κ3) is 5.84. The van der Waals surface area contributed by atoms with Gasteiger partial charge in [-0.1, -0.05) is 32.6 Å². The SMILES string of the molecule is CCCCCC[C@H](Sc1ccc(OC)cc1)C(=O)NO. The topological polar surface area (TPSA) is 58.6 Å². The molecule has 0 heterocycles. The molecule has 0 aliphatic heterocycles. The van der Waals surface area contributed by atoms with Crippen LogP contribution in [0.5, 0.6) is 5.75 Å². The minimum absolute atomic E-state index is 0.259. The molecule has 1 aromatic carbocycles. The summed E-state index contributed by atoms with van der Waals surface area (Å²) in [5.74, 6) is 0.461. The van der Waals surface area contributed by atoms with Gasteiger partial charge in [-0.15, -0.1) is 11.8 Å². The fourth-order valence-corrected chi connectivity index (χ4v) is 2.96. The Morgan fingerprint density at radius 3 is 2.55 bits per heavy atom. The number of hydrogen-bond donors (Lipinski definition) is 2. The van der Waals surface area contributed by atoms with Gasteiger partial charge < -0.3 is 4.74 Å². The highest BCUT2D eigenvalue weighted by Crippen LogP contribution is 2.28. The predicted molar refractivity (Wildman–Crippen MR) is 81.3 cm³/mol. The maximum absolute atomic E-state index is 11.7. The summed E-state index contributed by atoms with van der Waals surface area (Å²) in [6.07, 6.45) is 5.23. The summed E-state index contributed by atoms with van der Waals surface area (Å²) in [4.78, 5) is 12.7. The molecule has 1 atom stereocenters. The highest BCUT2D eigenvalue weighted by atomic mass is 32.2. The van der Waals surface area contributed by atoms with Gasteiger partial charge in [-0.3, -0.25) is 10.0 Å². The van der Waals surface area contributed by atoms with Crippen LogP contribution in [0, 0.1) is 0 Å². The van der Waals surface area contributed by atoms with E-state index in [2.05, 4.69) is 6.92 Å². The Morgan fingerprint density at radius 1 is 1.30 bits per heavy atom. The highest BCUT2D eigenvalue weighted by Gasteiger charge is 2.18. The summed E-state index contributed by atoms with van der Waals surface area (Å²) < 4.78 is 5.11. The maximum Gasteiger partial charge on any atom is 0.256 e. The first-order valence-electron chi connectivity index (χ1n) is 6.96. The lowest BCUT2D eigenvalue weighted by Crippen LogP contribution is -2.30. The number of methoxy groups -OCH3 is 1. The van der Waals surface area contributed by atoms with Crippen LogP contribution in [0.2, 0.25) is 0 Å². The summed E-state index contributed by atoms with van der Waals surface area (Å²) in [5.41, 5.74) is 1.76. The van der Waals surface area contributed by atoms with Crippen LogP contribution in [0.3, 0.4) is 0 Å². The molecule has 112 valence electrons. The Labute approximate surface area is 124 Å². The maximum atomic E-state index is 11.7. The number of carbonyl (C=O) groups is 1. The Kier molecular flexibility index (Phi) is 8.14. The number of thioether (sulfide) groups is 1. The molecule has 1 aromatic rings. The number of amides is 1. The zero-order chi connectivity index (χ0) is 14.8. The van der Waals surface area contributed by atoms with E-state index in [9.17, 15) is 4.79 Å². The van der Waals surface area contributed by atoms with Crippen LogP contribution in [0.25, 0.3) is 0 Å². The van der Waals surface area contributed by atoms with E-state index in [1.54, 1.807) is 12.6 Å². The van der Waals surface area contributed by atoms with Gasteiger partial charge in [-0.25, -0.2) is 5.48 Å². The van der Waals surface area contributed by atoms with Gasteiger partial charge in [0, 0.05) is 4.90 Å². The van der Waals surface area contributed by atoms with Gasteiger partial charge in [0.15, 0.2) is 0 Å². The largest absolute Gasteiger partial charge is 0.497 e. The molecule has 0 unspecified atom stereocenters. The summed E-state index contributed by atoms with van der Waals surface area (Å²) in [6.45, 7) is 2.16. The van der Waals surface area contributed by atoms with Crippen LogP contribution < -0.4 is 10.2 Å². The lowest BCUT2D eigenvalue weighted by molar-refractivity contribution is -0.128. The van der Waals surface area contributed by atoms with Crippen molar-refractivity contribution in [1.29, 1.82) is 0 Å². The van der Waals surface area contributed by atoms with Gasteiger partial charge in [0.2, 0.25) is 0 Å². The molecule has 0 spiro atoms. The van der Waals surface area contributed by atoms with Crippen LogP contribution in [0.15, 0.2) is 29.2 Å². The Bertz CT molecular complexity index is 395. The molecule has 0 radical (unpaired) electrons. The monoisotopic (exact) mass is 297 g/mol. The van der Waals surface area contributed by atoms with Gasteiger partial charge in [0.1, 0.15) is 5.75 Å². The van der Waals surface area contributed by atoms with Crippen molar-refractivity contribution in [1.82, 2.24) is 5.48 Å². The third-order valence-corrected chi connectivity index (χ3v) is 4.34. The first-order chi connectivity index (χ1) is 9.71. The molecular formula is C15H23NO3S. The molecule has 20 heavy (non-hydrogen) atoms. The summed E-state index contributed by atoms with van der Waals surface area (Å²) in [6, 6.07) is 7.58. The van der Waals surface area contributed by atoms with Gasteiger partial charge in [-0.05, 0) is 30.7 Å². The normalized spacial score (nSPS) is 11.9. The first-order valence-corrected chi connectivity index (χ1v) is 7.83. The number of nitrogens with one attached hydrogen (secondary N) is 1. The van der Waals surface area contributed by atoms with Crippen LogP contribution in [0.4, 0.5) is 0 Å². The minimum atomic E-state index is -0.331. The molecule has 0 saturated carbocycles. The van der Waals surface area contributed by atoms with Crippen molar-refractivity contribution >= 4 is 17.7 Å². The molecule has 0 fully saturated rings. The number of carbonyl (C=O) groups excluding carboxylic acids is 1. The molecule has 1 rings (SSSR count). The van der Waals surface area contributed by atoms with Crippen molar-refractivity contribution in [3.8, 4) is 5.75 Å². The molecule has 4 nitrogen and oxygen atoms in total. The van der Waals surface area contributed by atoms with Gasteiger partial charge in [-0.2, -0.15) is 0 Å². The van der Waals surface area contributed by atoms with Crippen molar-refractivity contribution in [2.75, 3.05) is 7.11 Å². The van der Waals surface area contributed by atoms with Crippen LogP contribution in [-0.2, 0) is 4.79 Å². The molecule has 0 bridgehead atoms. The van der Waals surface area contributed by atoms with Crippen molar-refractivity contribution in [3.63, 3.8) is 0 Å². The van der Waals surface area contributed by atoms with E-state index < -0.39 is 0 Å². The third-order valence-electron chi connectivity index (χ3n) is 3.06. The number of ether oxygens (including phenoxy) is 1. The van der Waals surface area contributed by atoms with Gasteiger partial charge in [0.05, 0.1) is 12.4 Å². The van der Waals surface area contributed by atoms with Crippen molar-refractivity contribution in [3.05, 3.63) is 24.3 Å². The van der Waals surface area contributed by atoms with E-state index >= 15 is 0 Å². The predicted octanol–water partition coefficient (Wildman–Crippen LogP) is 3.63. The lowest BCUT2D eigenvalue weighted by atomic mass is 10.1. The van der Waals surface area contributed by atoms with E-state index in [1.807, 2.05) is 24.3 Å². The van der Waals surface area contributed by atoms with Crippen LogP contribution in [-0.4, -0.2) is 23.5 Å². The Morgan fingerprint density at radius 2 is 2.00 bits per heavy atom. The molecule has 2 N–H and O–H groups in total. The van der Waals surface area contributed by atoms with Crippen LogP contribution in [0.1, 0.15) is 39.0 Å². The summed E-state index contributed by atoms with van der Waals surface area (Å²) in [7, 11) is 1.62. The average molecular weight is 297 g/mol. The fourth-order valence-electron chi connectivity index (χ4n) is 1.89. The molecule has 0 aliphatic carbocycles. The summed E-state index contributed by atoms with van der Waals surface area (Å²) >= 11 is 1.47. The van der Waals surface area contributed by atoms with Gasteiger partial charge >= 0.3 is 0 Å². The fraction of sp³-hybridized carbons (Fsp3) is 0.533. The minimum Gasteiger partial charge on any atom is -0.497 e. The van der Waals surface area contributed by atoms with Gasteiger partial charge in [0.25, 0.3) is 5.91 Å². The van der Waals surface area contributed by atoms with Crippen molar-refractivity contribution < 1.29 is 14.7 Å². The van der Waals surface area contributed by atoms with E-state index in [1.165, 1.54) is 24.6 Å². The highest BCUT2D eigenvalue weighted by molar-refractivity contribution is 8.00. The van der Waals surface area contributed by atoms with Crippen molar-refractivity contribution in [2.45, 2.75) is 49.2 Å². The zero-order valence-electron chi connectivity index (χ0n) is 12.1. The lowest BCUT2D eigenvalue weighted by Gasteiger charge is -2.14. The second-order valence-corrected chi connectivity index (χ2v) is 5.88. The molecular weight excluding hydrogens is 274 g/mol.